The van der Waals surface area contributed by atoms with Crippen molar-refractivity contribution in [3.63, 3.8) is 0 Å². The van der Waals surface area contributed by atoms with Gasteiger partial charge in [-0.15, -0.1) is 0 Å². The third-order valence-corrected chi connectivity index (χ3v) is 9.95. The van der Waals surface area contributed by atoms with Crippen molar-refractivity contribution >= 4 is 13.4 Å². The molecule has 0 saturated carbocycles. The van der Waals surface area contributed by atoms with Gasteiger partial charge in [-0.3, -0.25) is 0 Å². The lowest BCUT2D eigenvalue weighted by molar-refractivity contribution is -0.890. The zero-order chi connectivity index (χ0) is 19.6. The Morgan fingerprint density at radius 1 is 0.679 bits per heavy atom. The van der Waals surface area contributed by atoms with E-state index in [9.17, 15) is 0 Å². The number of hydrogen-bond donors (Lipinski definition) is 0. The molecule has 0 aromatic rings. The maximum atomic E-state index is 2.52. The van der Waals surface area contributed by atoms with Crippen LogP contribution < -0.4 is 0 Å². The van der Waals surface area contributed by atoms with Gasteiger partial charge < -0.3 is 4.48 Å². The topological polar surface area (TPSA) is 0 Å². The van der Waals surface area contributed by atoms with E-state index in [0.29, 0.717) is 0 Å². The molecule has 3 heteroatoms. The molecule has 4 fully saturated rings. The van der Waals surface area contributed by atoms with Crippen LogP contribution in [0.1, 0.15) is 103 Å². The summed E-state index contributed by atoms with van der Waals surface area (Å²) in [5.74, 6) is 4.41. The van der Waals surface area contributed by atoms with Crippen molar-refractivity contribution in [2.75, 3.05) is 27.2 Å². The molecule has 0 aliphatic carbocycles. The van der Waals surface area contributed by atoms with Crippen LogP contribution in [0.25, 0.3) is 0 Å². The monoisotopic (exact) mass is 384 g/mol. The highest BCUT2D eigenvalue weighted by Gasteiger charge is 2.52. The van der Waals surface area contributed by atoms with Crippen LogP contribution >= 0.6 is 0 Å². The summed E-state index contributed by atoms with van der Waals surface area (Å²) in [6, 6.07) is 0. The van der Waals surface area contributed by atoms with Crippen molar-refractivity contribution in [3.8, 4) is 0 Å². The second kappa shape index (κ2) is 9.49. The first kappa shape index (κ1) is 21.3. The van der Waals surface area contributed by atoms with Crippen molar-refractivity contribution in [2.45, 2.75) is 132 Å². The van der Waals surface area contributed by atoms with Gasteiger partial charge in [0.2, 0.25) is 0 Å². The Morgan fingerprint density at radius 2 is 1.07 bits per heavy atom. The standard InChI is InChI=1S/C25H48B2N/c1-4-5-19-28(2,3)20-18-25(26-21-10-6-11-22(26)13-7-12-21)27-23-14-8-15-24(27)17-9-16-23/h21-25H,4-20H2,1-3H3/q+1. The van der Waals surface area contributed by atoms with Gasteiger partial charge in [0.15, 0.2) is 0 Å². The number of quaternary nitrogens is 1. The fraction of sp³-hybridized carbons (Fsp3) is 1.00. The van der Waals surface area contributed by atoms with E-state index in [0.717, 1.165) is 42.4 Å². The van der Waals surface area contributed by atoms with E-state index >= 15 is 0 Å². The van der Waals surface area contributed by atoms with Crippen LogP contribution in [0, 0.1) is 0 Å². The Morgan fingerprint density at radius 3 is 1.43 bits per heavy atom. The zero-order valence-electron chi connectivity index (χ0n) is 19.5. The van der Waals surface area contributed by atoms with E-state index in [1.54, 1.807) is 83.5 Å². The van der Waals surface area contributed by atoms with Gasteiger partial charge in [-0.1, -0.05) is 119 Å². The van der Waals surface area contributed by atoms with Crippen molar-refractivity contribution in [1.82, 2.24) is 0 Å². The summed E-state index contributed by atoms with van der Waals surface area (Å²) < 4.78 is 1.27. The molecular weight excluding hydrogens is 336 g/mol. The average Bonchev–Trinajstić information content (AvgIpc) is 2.66. The summed E-state index contributed by atoms with van der Waals surface area (Å²) in [4.78, 5) is 0. The highest BCUT2D eigenvalue weighted by atomic mass is 15.3. The summed E-state index contributed by atoms with van der Waals surface area (Å²) in [6.45, 7) is 7.41. The van der Waals surface area contributed by atoms with Crippen LogP contribution in [0.15, 0.2) is 0 Å². The molecule has 0 spiro atoms. The maximum absolute atomic E-state index is 2.52. The predicted octanol–water partition coefficient (Wildman–Crippen LogP) is 7.37. The van der Waals surface area contributed by atoms with E-state index in [2.05, 4.69) is 21.0 Å². The van der Waals surface area contributed by atoms with Gasteiger partial charge in [0.25, 0.3) is 0 Å². The lowest BCUT2D eigenvalue weighted by atomic mass is 9.06. The molecule has 0 aromatic carbocycles. The second-order valence-corrected chi connectivity index (χ2v) is 12.1. The van der Waals surface area contributed by atoms with E-state index in [1.165, 1.54) is 30.4 Å². The van der Waals surface area contributed by atoms with E-state index in [4.69, 9.17) is 0 Å². The summed E-state index contributed by atoms with van der Waals surface area (Å²) in [5, 5.41) is 0. The van der Waals surface area contributed by atoms with Crippen LogP contribution in [0.4, 0.5) is 0 Å². The first-order valence-corrected chi connectivity index (χ1v) is 13.4. The smallest absolute Gasteiger partial charge is 0.142 e. The highest BCUT2D eigenvalue weighted by molar-refractivity contribution is 6.83. The average molecular weight is 384 g/mol. The minimum Gasteiger partial charge on any atom is -0.329 e. The maximum Gasteiger partial charge on any atom is 0.142 e. The quantitative estimate of drug-likeness (QED) is 0.303. The molecule has 0 amide bonds. The normalized spacial score (nSPS) is 34.4. The number of hydrogen-bond acceptors (Lipinski definition) is 0. The Labute approximate surface area is 177 Å². The molecule has 4 aliphatic heterocycles. The lowest BCUT2D eigenvalue weighted by Gasteiger charge is -2.52. The molecule has 0 radical (unpaired) electrons. The van der Waals surface area contributed by atoms with Crippen LogP contribution in [0.3, 0.4) is 0 Å². The van der Waals surface area contributed by atoms with E-state index in [-0.39, 0.29) is 0 Å². The van der Waals surface area contributed by atoms with Crippen molar-refractivity contribution in [1.29, 1.82) is 0 Å². The minimum atomic E-state index is 1.07. The van der Waals surface area contributed by atoms with Gasteiger partial charge in [0.05, 0.1) is 27.2 Å². The fourth-order valence-electron chi connectivity index (χ4n) is 8.69. The molecule has 0 unspecified atom stereocenters. The van der Waals surface area contributed by atoms with Gasteiger partial charge in [-0.25, -0.2) is 0 Å². The molecule has 4 saturated heterocycles. The van der Waals surface area contributed by atoms with Crippen molar-refractivity contribution in [2.24, 2.45) is 0 Å². The molecule has 28 heavy (non-hydrogen) atoms. The van der Waals surface area contributed by atoms with Crippen LogP contribution in [-0.4, -0.2) is 45.1 Å². The Hall–Kier alpha value is 0.0899. The SMILES string of the molecule is CCCC[N+](C)(C)CCC(B1C2CCCC1CCC2)B1C2CCCC1CCC2. The second-order valence-electron chi connectivity index (χ2n) is 12.1. The first-order chi connectivity index (χ1) is 13.6. The van der Waals surface area contributed by atoms with Gasteiger partial charge in [0, 0.05) is 0 Å². The van der Waals surface area contributed by atoms with Gasteiger partial charge in [-0.2, -0.15) is 0 Å². The number of rotatable bonds is 8. The number of unbranched alkanes of at least 4 members (excludes halogenated alkanes) is 1. The molecule has 4 bridgehead atoms. The predicted molar refractivity (Wildman–Crippen MR) is 127 cm³/mol. The Kier molecular flexibility index (Phi) is 7.23. The van der Waals surface area contributed by atoms with Crippen molar-refractivity contribution < 1.29 is 4.48 Å². The summed E-state index contributed by atoms with van der Waals surface area (Å²) in [7, 11) is 5.05. The molecule has 1 nitrogen and oxygen atoms in total. The minimum absolute atomic E-state index is 1.07. The third-order valence-electron chi connectivity index (χ3n) is 9.95. The molecule has 4 aliphatic rings. The van der Waals surface area contributed by atoms with Gasteiger partial charge in [0.1, 0.15) is 13.4 Å². The zero-order valence-corrected chi connectivity index (χ0v) is 19.5. The number of nitrogens with zero attached hydrogens (tertiary/aromatic N) is 1. The lowest BCUT2D eigenvalue weighted by Crippen LogP contribution is -2.51. The largest absolute Gasteiger partial charge is 0.329 e. The first-order valence-electron chi connectivity index (χ1n) is 13.4. The molecule has 0 atom stereocenters. The van der Waals surface area contributed by atoms with Gasteiger partial charge >= 0.3 is 0 Å². The number of fused-ring (bicyclic) bond motifs is 4. The van der Waals surface area contributed by atoms with E-state index in [1.807, 2.05) is 0 Å². The van der Waals surface area contributed by atoms with Crippen molar-refractivity contribution in [3.05, 3.63) is 0 Å². The summed E-state index contributed by atoms with van der Waals surface area (Å²) in [6.07, 6.45) is 23.1. The fourth-order valence-corrected chi connectivity index (χ4v) is 8.69. The summed E-state index contributed by atoms with van der Waals surface area (Å²) >= 11 is 0. The molecule has 0 N–H and O–H groups in total. The Balaban J connectivity index is 1.54. The third kappa shape index (κ3) is 4.70. The molecule has 0 aromatic heterocycles. The Bertz CT molecular complexity index is 417. The molecular formula is C25H48B2N+. The highest BCUT2D eigenvalue weighted by Crippen LogP contribution is 2.58. The molecule has 4 rings (SSSR count). The van der Waals surface area contributed by atoms with Crippen LogP contribution in [-0.2, 0) is 0 Å². The van der Waals surface area contributed by atoms with Crippen LogP contribution in [0.2, 0.25) is 29.0 Å². The van der Waals surface area contributed by atoms with Gasteiger partial charge in [-0.05, 0) is 12.8 Å². The molecule has 158 valence electrons. The molecule has 4 heterocycles. The van der Waals surface area contributed by atoms with E-state index < -0.39 is 0 Å². The van der Waals surface area contributed by atoms with Crippen LogP contribution in [0.5, 0.6) is 0 Å². The summed E-state index contributed by atoms with van der Waals surface area (Å²) in [5.41, 5.74) is 1.07.